The van der Waals surface area contributed by atoms with Crippen molar-refractivity contribution in [1.82, 2.24) is 14.4 Å². The Hall–Kier alpha value is -1.84. The number of piperazine rings is 1. The van der Waals surface area contributed by atoms with Crippen LogP contribution in [0.15, 0.2) is 48.5 Å². The number of hydrogen-bond donors (Lipinski definition) is 0. The van der Waals surface area contributed by atoms with Gasteiger partial charge in [0.15, 0.2) is 0 Å². The number of para-hydroxylation sites is 2. The molecule has 1 aliphatic heterocycles. The summed E-state index contributed by atoms with van der Waals surface area (Å²) >= 11 is 0. The highest BCUT2D eigenvalue weighted by Crippen LogP contribution is 2.29. The molecule has 0 amide bonds. The molecule has 0 spiro atoms. The van der Waals surface area contributed by atoms with Crippen LogP contribution in [0.25, 0.3) is 21.8 Å². The molecular formula is C23H31N3. The molecule has 0 N–H and O–H groups in total. The van der Waals surface area contributed by atoms with Crippen molar-refractivity contribution in [2.75, 3.05) is 39.8 Å². The number of nitrogens with zero attached hydrogens (tertiary/aromatic N) is 3. The lowest BCUT2D eigenvalue weighted by molar-refractivity contribution is 0.152. The number of hydrogen-bond acceptors (Lipinski definition) is 2. The maximum atomic E-state index is 2.63. The zero-order chi connectivity index (χ0) is 17.8. The zero-order valence-corrected chi connectivity index (χ0v) is 16.0. The van der Waals surface area contributed by atoms with E-state index < -0.39 is 0 Å². The Morgan fingerprint density at radius 3 is 1.81 bits per heavy atom. The average molecular weight is 350 g/mol. The van der Waals surface area contributed by atoms with E-state index in [1.165, 1.54) is 80.2 Å². The fourth-order valence-corrected chi connectivity index (χ4v) is 4.27. The van der Waals surface area contributed by atoms with Crippen LogP contribution in [0.4, 0.5) is 0 Å². The third-order valence-electron chi connectivity index (χ3n) is 5.88. The molecule has 1 aliphatic rings. The Balaban J connectivity index is 1.29. The summed E-state index contributed by atoms with van der Waals surface area (Å²) in [6, 6.07) is 17.7. The summed E-state index contributed by atoms with van der Waals surface area (Å²) in [5.41, 5.74) is 2.76. The number of unbranched alkanes of at least 4 members (excludes halogenated alkanes) is 3. The maximum Gasteiger partial charge on any atom is 0.0491 e. The van der Waals surface area contributed by atoms with E-state index in [4.69, 9.17) is 0 Å². The second-order valence-electron chi connectivity index (χ2n) is 7.75. The highest BCUT2D eigenvalue weighted by molar-refractivity contribution is 6.07. The van der Waals surface area contributed by atoms with E-state index in [1.54, 1.807) is 0 Å². The molecule has 0 aliphatic carbocycles. The zero-order valence-electron chi connectivity index (χ0n) is 16.0. The van der Waals surface area contributed by atoms with Crippen molar-refractivity contribution in [3.63, 3.8) is 0 Å². The number of benzene rings is 2. The van der Waals surface area contributed by atoms with Crippen molar-refractivity contribution in [3.8, 4) is 0 Å². The molecule has 3 heteroatoms. The molecule has 138 valence electrons. The van der Waals surface area contributed by atoms with E-state index in [2.05, 4.69) is 69.9 Å². The Morgan fingerprint density at radius 1 is 0.654 bits per heavy atom. The van der Waals surface area contributed by atoms with Gasteiger partial charge in [0.2, 0.25) is 0 Å². The SMILES string of the molecule is CN1CCN(CCCCCCn2c3ccccc3c3ccccc32)CC1. The van der Waals surface area contributed by atoms with Crippen LogP contribution >= 0.6 is 0 Å². The molecule has 0 bridgehead atoms. The molecule has 0 radical (unpaired) electrons. The van der Waals surface area contributed by atoms with Crippen LogP contribution in [0.1, 0.15) is 25.7 Å². The standard InChI is InChI=1S/C23H31N3/c1-24-16-18-25(19-17-24)14-8-2-3-9-15-26-22-12-6-4-10-20(22)21-11-5-7-13-23(21)26/h4-7,10-13H,2-3,8-9,14-19H2,1H3. The van der Waals surface area contributed by atoms with Gasteiger partial charge in [-0.2, -0.15) is 0 Å². The molecule has 3 nitrogen and oxygen atoms in total. The lowest BCUT2D eigenvalue weighted by Gasteiger charge is -2.32. The van der Waals surface area contributed by atoms with Gasteiger partial charge in [-0.05, 0) is 38.6 Å². The van der Waals surface area contributed by atoms with Crippen LogP contribution < -0.4 is 0 Å². The first-order chi connectivity index (χ1) is 12.8. The number of likely N-dealkylation sites (N-methyl/N-ethyl adjacent to an activating group) is 1. The smallest absolute Gasteiger partial charge is 0.0491 e. The Bertz CT molecular complexity index is 790. The molecule has 26 heavy (non-hydrogen) atoms. The minimum atomic E-state index is 1.13. The lowest BCUT2D eigenvalue weighted by atomic mass is 10.1. The molecule has 3 aromatic rings. The number of fused-ring (bicyclic) bond motifs is 3. The van der Waals surface area contributed by atoms with Gasteiger partial charge in [-0.25, -0.2) is 0 Å². The molecule has 2 aromatic carbocycles. The molecule has 2 heterocycles. The Kier molecular flexibility index (Phi) is 5.57. The van der Waals surface area contributed by atoms with Gasteiger partial charge < -0.3 is 14.4 Å². The minimum Gasteiger partial charge on any atom is -0.340 e. The monoisotopic (exact) mass is 349 g/mol. The van der Waals surface area contributed by atoms with Crippen LogP contribution in [0.2, 0.25) is 0 Å². The summed E-state index contributed by atoms with van der Waals surface area (Å²) < 4.78 is 2.52. The van der Waals surface area contributed by atoms with Gasteiger partial charge in [0.05, 0.1) is 0 Å². The van der Waals surface area contributed by atoms with Crippen molar-refractivity contribution >= 4 is 21.8 Å². The first-order valence-corrected chi connectivity index (χ1v) is 10.2. The highest BCUT2D eigenvalue weighted by Gasteiger charge is 2.13. The molecule has 1 saturated heterocycles. The molecule has 1 aromatic heterocycles. The summed E-state index contributed by atoms with van der Waals surface area (Å²) in [5.74, 6) is 0. The van der Waals surface area contributed by atoms with Crippen LogP contribution in [0.3, 0.4) is 0 Å². The number of aromatic nitrogens is 1. The van der Waals surface area contributed by atoms with Crippen LogP contribution in [-0.2, 0) is 6.54 Å². The van der Waals surface area contributed by atoms with E-state index in [1.807, 2.05) is 0 Å². The minimum absolute atomic E-state index is 1.13. The van der Waals surface area contributed by atoms with E-state index >= 15 is 0 Å². The topological polar surface area (TPSA) is 11.4 Å². The summed E-state index contributed by atoms with van der Waals surface area (Å²) in [5, 5.41) is 2.77. The Labute approximate surface area is 157 Å². The normalized spacial score (nSPS) is 16.7. The van der Waals surface area contributed by atoms with Gasteiger partial charge in [-0.3, -0.25) is 0 Å². The second-order valence-corrected chi connectivity index (χ2v) is 7.75. The third kappa shape index (κ3) is 3.79. The van der Waals surface area contributed by atoms with Gasteiger partial charge in [-0.15, -0.1) is 0 Å². The highest BCUT2D eigenvalue weighted by atomic mass is 15.2. The first-order valence-electron chi connectivity index (χ1n) is 10.2. The summed E-state index contributed by atoms with van der Waals surface area (Å²) in [6.07, 6.45) is 5.29. The molecule has 4 rings (SSSR count). The largest absolute Gasteiger partial charge is 0.340 e. The van der Waals surface area contributed by atoms with Crippen molar-refractivity contribution in [2.24, 2.45) is 0 Å². The predicted molar refractivity (Wildman–Crippen MR) is 112 cm³/mol. The van der Waals surface area contributed by atoms with E-state index in [-0.39, 0.29) is 0 Å². The molecule has 0 saturated carbocycles. The van der Waals surface area contributed by atoms with E-state index in [0.717, 1.165) is 6.54 Å². The van der Waals surface area contributed by atoms with Crippen molar-refractivity contribution in [1.29, 1.82) is 0 Å². The van der Waals surface area contributed by atoms with Gasteiger partial charge in [0.1, 0.15) is 0 Å². The molecule has 0 unspecified atom stereocenters. The molecule has 0 atom stereocenters. The quantitative estimate of drug-likeness (QED) is 0.578. The fraction of sp³-hybridized carbons (Fsp3) is 0.478. The molecule has 1 fully saturated rings. The van der Waals surface area contributed by atoms with Crippen molar-refractivity contribution in [2.45, 2.75) is 32.2 Å². The predicted octanol–water partition coefficient (Wildman–Crippen LogP) is 4.60. The number of aryl methyl sites for hydroxylation is 1. The van der Waals surface area contributed by atoms with Gasteiger partial charge in [0, 0.05) is 54.5 Å². The second kappa shape index (κ2) is 8.24. The summed E-state index contributed by atoms with van der Waals surface area (Å²) in [6.45, 7) is 7.36. The third-order valence-corrected chi connectivity index (χ3v) is 5.88. The number of rotatable bonds is 7. The molecular weight excluding hydrogens is 318 g/mol. The van der Waals surface area contributed by atoms with Crippen molar-refractivity contribution in [3.05, 3.63) is 48.5 Å². The first kappa shape index (κ1) is 17.6. The fourth-order valence-electron chi connectivity index (χ4n) is 4.27. The summed E-state index contributed by atoms with van der Waals surface area (Å²) in [7, 11) is 2.23. The lowest BCUT2D eigenvalue weighted by Crippen LogP contribution is -2.44. The van der Waals surface area contributed by atoms with Gasteiger partial charge in [-0.1, -0.05) is 49.2 Å². The van der Waals surface area contributed by atoms with Gasteiger partial charge in [0.25, 0.3) is 0 Å². The van der Waals surface area contributed by atoms with Crippen LogP contribution in [0.5, 0.6) is 0 Å². The van der Waals surface area contributed by atoms with Gasteiger partial charge >= 0.3 is 0 Å². The van der Waals surface area contributed by atoms with E-state index in [0.29, 0.717) is 0 Å². The van der Waals surface area contributed by atoms with Crippen LogP contribution in [-0.4, -0.2) is 54.1 Å². The Morgan fingerprint density at radius 2 is 1.19 bits per heavy atom. The average Bonchev–Trinajstić information content (AvgIpc) is 3.00. The van der Waals surface area contributed by atoms with E-state index in [9.17, 15) is 0 Å². The summed E-state index contributed by atoms with van der Waals surface area (Å²) in [4.78, 5) is 5.06. The van der Waals surface area contributed by atoms with Crippen LogP contribution in [0, 0.1) is 0 Å². The maximum absolute atomic E-state index is 2.63. The van der Waals surface area contributed by atoms with Crippen molar-refractivity contribution < 1.29 is 0 Å².